The monoisotopic (exact) mass is 275 g/mol. The zero-order valence-electron chi connectivity index (χ0n) is 12.1. The molecular formula is C16H22FN3. The number of nitrogens with two attached hydrogens (primary N) is 1. The molecule has 1 aromatic carbocycles. The molecule has 1 unspecified atom stereocenters. The van der Waals surface area contributed by atoms with Crippen molar-refractivity contribution in [1.29, 1.82) is 0 Å². The van der Waals surface area contributed by atoms with Gasteiger partial charge in [0.25, 0.3) is 0 Å². The van der Waals surface area contributed by atoms with E-state index in [0.717, 1.165) is 30.6 Å². The molecule has 2 aromatic rings. The van der Waals surface area contributed by atoms with Gasteiger partial charge in [0.15, 0.2) is 0 Å². The molecule has 0 saturated carbocycles. The number of aryl methyl sites for hydroxylation is 2. The maximum absolute atomic E-state index is 13.0. The van der Waals surface area contributed by atoms with Gasteiger partial charge >= 0.3 is 0 Å². The SMILES string of the molecule is CCc1cc(CC(CN)c2ccc(F)cc2)n(CC)n1. The third-order valence-electron chi connectivity index (χ3n) is 3.66. The van der Waals surface area contributed by atoms with Crippen LogP contribution < -0.4 is 5.73 Å². The summed E-state index contributed by atoms with van der Waals surface area (Å²) < 4.78 is 15.0. The minimum absolute atomic E-state index is 0.197. The van der Waals surface area contributed by atoms with Gasteiger partial charge in [-0.1, -0.05) is 19.1 Å². The molecule has 20 heavy (non-hydrogen) atoms. The summed E-state index contributed by atoms with van der Waals surface area (Å²) >= 11 is 0. The van der Waals surface area contributed by atoms with Gasteiger partial charge in [-0.05, 0) is 50.1 Å². The summed E-state index contributed by atoms with van der Waals surface area (Å²) in [5.41, 5.74) is 9.28. The maximum Gasteiger partial charge on any atom is 0.123 e. The van der Waals surface area contributed by atoms with Gasteiger partial charge in [0.2, 0.25) is 0 Å². The summed E-state index contributed by atoms with van der Waals surface area (Å²) in [6, 6.07) is 8.77. The van der Waals surface area contributed by atoms with Crippen molar-refractivity contribution >= 4 is 0 Å². The lowest BCUT2D eigenvalue weighted by molar-refractivity contribution is 0.579. The molecule has 1 heterocycles. The fourth-order valence-corrected chi connectivity index (χ4v) is 2.45. The zero-order valence-corrected chi connectivity index (χ0v) is 12.1. The lowest BCUT2D eigenvalue weighted by atomic mass is 9.94. The Morgan fingerprint density at radius 3 is 2.50 bits per heavy atom. The molecule has 1 atom stereocenters. The van der Waals surface area contributed by atoms with E-state index in [1.54, 1.807) is 0 Å². The van der Waals surface area contributed by atoms with Crippen molar-refractivity contribution in [2.75, 3.05) is 6.54 Å². The van der Waals surface area contributed by atoms with Crippen LogP contribution in [0, 0.1) is 5.82 Å². The van der Waals surface area contributed by atoms with Crippen LogP contribution in [0.1, 0.15) is 36.7 Å². The van der Waals surface area contributed by atoms with E-state index in [1.165, 1.54) is 17.8 Å². The van der Waals surface area contributed by atoms with Gasteiger partial charge in [0.1, 0.15) is 5.82 Å². The summed E-state index contributed by atoms with van der Waals surface area (Å²) in [4.78, 5) is 0. The second-order valence-corrected chi connectivity index (χ2v) is 4.98. The van der Waals surface area contributed by atoms with Crippen molar-refractivity contribution < 1.29 is 4.39 Å². The Balaban J connectivity index is 2.21. The molecule has 1 aromatic heterocycles. The summed E-state index contributed by atoms with van der Waals surface area (Å²) in [5.74, 6) is -0.0151. The average Bonchev–Trinajstić information content (AvgIpc) is 2.88. The Bertz CT molecular complexity index is 545. The standard InChI is InChI=1S/C16H22FN3/c1-3-15-10-16(20(4-2)19-15)9-13(11-18)12-5-7-14(17)8-6-12/h5-8,10,13H,3-4,9,11,18H2,1-2H3. The molecule has 0 aliphatic carbocycles. The van der Waals surface area contributed by atoms with Crippen molar-refractivity contribution in [2.45, 2.75) is 39.2 Å². The molecule has 3 nitrogen and oxygen atoms in total. The number of aromatic nitrogens is 2. The summed E-state index contributed by atoms with van der Waals surface area (Å²) in [6.07, 6.45) is 1.77. The molecule has 0 aliphatic rings. The Morgan fingerprint density at radius 1 is 1.25 bits per heavy atom. The van der Waals surface area contributed by atoms with Crippen LogP contribution >= 0.6 is 0 Å². The fraction of sp³-hybridized carbons (Fsp3) is 0.438. The third-order valence-corrected chi connectivity index (χ3v) is 3.66. The number of rotatable bonds is 6. The van der Waals surface area contributed by atoms with E-state index in [1.807, 2.05) is 16.8 Å². The van der Waals surface area contributed by atoms with Crippen LogP contribution in [0.25, 0.3) is 0 Å². The van der Waals surface area contributed by atoms with Gasteiger partial charge in [-0.15, -0.1) is 0 Å². The molecule has 0 amide bonds. The van der Waals surface area contributed by atoms with Gasteiger partial charge in [-0.2, -0.15) is 5.10 Å². The largest absolute Gasteiger partial charge is 0.330 e. The van der Waals surface area contributed by atoms with Crippen LogP contribution in [0.2, 0.25) is 0 Å². The van der Waals surface area contributed by atoms with Crippen LogP contribution in [0.3, 0.4) is 0 Å². The third kappa shape index (κ3) is 3.25. The number of halogens is 1. The maximum atomic E-state index is 13.0. The summed E-state index contributed by atoms with van der Waals surface area (Å²) in [5, 5.41) is 4.56. The predicted octanol–water partition coefficient (Wildman–Crippen LogP) is 2.89. The van der Waals surface area contributed by atoms with Crippen molar-refractivity contribution in [2.24, 2.45) is 5.73 Å². The molecule has 0 bridgehead atoms. The predicted molar refractivity (Wildman–Crippen MR) is 79.2 cm³/mol. The quantitative estimate of drug-likeness (QED) is 0.881. The molecule has 0 saturated heterocycles. The summed E-state index contributed by atoms with van der Waals surface area (Å²) in [7, 11) is 0. The lowest BCUT2D eigenvalue weighted by Gasteiger charge is -2.15. The van der Waals surface area contributed by atoms with Crippen molar-refractivity contribution in [3.63, 3.8) is 0 Å². The first-order valence-corrected chi connectivity index (χ1v) is 7.19. The van der Waals surface area contributed by atoms with E-state index in [2.05, 4.69) is 25.0 Å². The highest BCUT2D eigenvalue weighted by Crippen LogP contribution is 2.21. The molecule has 2 rings (SSSR count). The van der Waals surface area contributed by atoms with Crippen molar-refractivity contribution in [3.05, 3.63) is 53.1 Å². The number of nitrogens with zero attached hydrogens (tertiary/aromatic N) is 2. The first-order valence-electron chi connectivity index (χ1n) is 7.19. The highest BCUT2D eigenvalue weighted by atomic mass is 19.1. The average molecular weight is 275 g/mol. The van der Waals surface area contributed by atoms with Gasteiger partial charge in [-0.25, -0.2) is 4.39 Å². The van der Waals surface area contributed by atoms with E-state index in [0.29, 0.717) is 6.54 Å². The van der Waals surface area contributed by atoms with Crippen molar-refractivity contribution in [3.8, 4) is 0 Å². The molecule has 0 fully saturated rings. The Morgan fingerprint density at radius 2 is 1.95 bits per heavy atom. The highest BCUT2D eigenvalue weighted by Gasteiger charge is 2.14. The first-order chi connectivity index (χ1) is 9.67. The minimum Gasteiger partial charge on any atom is -0.330 e. The molecule has 4 heteroatoms. The van der Waals surface area contributed by atoms with Gasteiger partial charge < -0.3 is 5.73 Å². The van der Waals surface area contributed by atoms with Gasteiger partial charge in [0, 0.05) is 18.2 Å². The Hall–Kier alpha value is -1.68. The molecule has 2 N–H and O–H groups in total. The molecule has 108 valence electrons. The fourth-order valence-electron chi connectivity index (χ4n) is 2.45. The molecule has 0 radical (unpaired) electrons. The van der Waals surface area contributed by atoms with Crippen LogP contribution in [-0.2, 0) is 19.4 Å². The second-order valence-electron chi connectivity index (χ2n) is 4.98. The van der Waals surface area contributed by atoms with Gasteiger partial charge in [-0.3, -0.25) is 4.68 Å². The van der Waals surface area contributed by atoms with Crippen molar-refractivity contribution in [1.82, 2.24) is 9.78 Å². The van der Waals surface area contributed by atoms with Crippen LogP contribution in [0.5, 0.6) is 0 Å². The second kappa shape index (κ2) is 6.66. The van der Waals surface area contributed by atoms with Crippen LogP contribution in [0.15, 0.2) is 30.3 Å². The Labute approximate surface area is 119 Å². The van der Waals surface area contributed by atoms with E-state index >= 15 is 0 Å². The Kier molecular flexibility index (Phi) is 4.90. The summed E-state index contributed by atoms with van der Waals surface area (Å²) in [6.45, 7) is 5.59. The topological polar surface area (TPSA) is 43.8 Å². The van der Waals surface area contributed by atoms with E-state index in [-0.39, 0.29) is 11.7 Å². The van der Waals surface area contributed by atoms with E-state index in [9.17, 15) is 4.39 Å². The van der Waals surface area contributed by atoms with Crippen LogP contribution in [0.4, 0.5) is 4.39 Å². The smallest absolute Gasteiger partial charge is 0.123 e. The molecule has 0 aliphatic heterocycles. The zero-order chi connectivity index (χ0) is 14.5. The van der Waals surface area contributed by atoms with E-state index in [4.69, 9.17) is 5.73 Å². The molecule has 0 spiro atoms. The normalized spacial score (nSPS) is 12.6. The van der Waals surface area contributed by atoms with Gasteiger partial charge in [0.05, 0.1) is 5.69 Å². The minimum atomic E-state index is -0.212. The lowest BCUT2D eigenvalue weighted by Crippen LogP contribution is -2.17. The molecular weight excluding hydrogens is 253 g/mol. The number of benzene rings is 1. The van der Waals surface area contributed by atoms with E-state index < -0.39 is 0 Å². The highest BCUT2D eigenvalue weighted by molar-refractivity contribution is 5.23. The number of hydrogen-bond acceptors (Lipinski definition) is 2. The van der Waals surface area contributed by atoms with Crippen LogP contribution in [-0.4, -0.2) is 16.3 Å². The first kappa shape index (κ1) is 14.7. The number of hydrogen-bond donors (Lipinski definition) is 1.